The van der Waals surface area contributed by atoms with Crippen molar-refractivity contribution in [3.63, 3.8) is 0 Å². The molecule has 0 amide bonds. The Morgan fingerprint density at radius 1 is 1.12 bits per heavy atom. The number of aliphatic hydroxyl groups is 1. The lowest BCUT2D eigenvalue weighted by Gasteiger charge is -2.25. The second-order valence-electron chi connectivity index (χ2n) is 5.80. The summed E-state index contributed by atoms with van der Waals surface area (Å²) in [6.45, 7) is 0.816. The van der Waals surface area contributed by atoms with E-state index >= 15 is 0 Å². The van der Waals surface area contributed by atoms with Gasteiger partial charge in [-0.05, 0) is 17.5 Å². The molecule has 0 aromatic heterocycles. The highest BCUT2D eigenvalue weighted by Crippen LogP contribution is 2.29. The van der Waals surface area contributed by atoms with E-state index in [-0.39, 0.29) is 6.42 Å². The van der Waals surface area contributed by atoms with Crippen LogP contribution >= 0.6 is 0 Å². The molecule has 0 saturated carbocycles. The van der Waals surface area contributed by atoms with Gasteiger partial charge in [0, 0.05) is 11.3 Å². The summed E-state index contributed by atoms with van der Waals surface area (Å²) < 4.78 is 5.55. The zero-order valence-electron chi connectivity index (χ0n) is 14.0. The zero-order chi connectivity index (χ0) is 18.3. The second-order valence-corrected chi connectivity index (χ2v) is 5.80. The largest absolute Gasteiger partial charge is 0.447 e. The summed E-state index contributed by atoms with van der Waals surface area (Å²) in [6, 6.07) is 18.0. The molecule has 1 atom stereocenters. The minimum absolute atomic E-state index is 0.0916. The van der Waals surface area contributed by atoms with Crippen LogP contribution in [0.15, 0.2) is 60.7 Å². The molecule has 0 bridgehead atoms. The molecule has 2 rings (SSSR count). The van der Waals surface area contributed by atoms with Crippen LogP contribution in [-0.2, 0) is 9.53 Å². The second kappa shape index (κ2) is 8.39. The van der Waals surface area contributed by atoms with Crippen molar-refractivity contribution in [1.29, 1.82) is 0 Å². The van der Waals surface area contributed by atoms with E-state index in [0.29, 0.717) is 17.5 Å². The first-order valence-corrected chi connectivity index (χ1v) is 8.11. The third-order valence-electron chi connectivity index (χ3n) is 4.08. The lowest BCUT2D eigenvalue weighted by atomic mass is 9.95. The summed E-state index contributed by atoms with van der Waals surface area (Å²) in [4.78, 5) is 23.4. The van der Waals surface area contributed by atoms with Gasteiger partial charge >= 0.3 is 11.5 Å². The number of nitrogens with zero attached hydrogens (tertiary/aromatic N) is 1. The highest BCUT2D eigenvalue weighted by molar-refractivity contribution is 5.80. The van der Waals surface area contributed by atoms with Crippen molar-refractivity contribution < 1.29 is 19.6 Å². The Bertz CT molecular complexity index is 665. The highest BCUT2D eigenvalue weighted by atomic mass is 16.6. The molecule has 25 heavy (non-hydrogen) atoms. The first-order valence-electron chi connectivity index (χ1n) is 8.11. The number of carbonyl (C=O) groups is 1. The molecule has 0 saturated heterocycles. The molecule has 6 heteroatoms. The van der Waals surface area contributed by atoms with Crippen LogP contribution in [0.25, 0.3) is 0 Å². The van der Waals surface area contributed by atoms with E-state index < -0.39 is 29.1 Å². The summed E-state index contributed by atoms with van der Waals surface area (Å²) in [5.74, 6) is -1.03. The van der Waals surface area contributed by atoms with E-state index in [1.807, 2.05) is 12.1 Å². The number of aliphatic hydroxyl groups excluding tert-OH is 1. The van der Waals surface area contributed by atoms with Crippen molar-refractivity contribution in [2.24, 2.45) is 0 Å². The molecular formula is C19H21NO5. The number of nitro groups is 1. The van der Waals surface area contributed by atoms with Crippen LogP contribution in [-0.4, -0.2) is 28.1 Å². The van der Waals surface area contributed by atoms with E-state index in [4.69, 9.17) is 4.74 Å². The lowest BCUT2D eigenvalue weighted by molar-refractivity contribution is -0.560. The van der Waals surface area contributed by atoms with Gasteiger partial charge in [-0.1, -0.05) is 67.6 Å². The third-order valence-corrected chi connectivity index (χ3v) is 4.08. The van der Waals surface area contributed by atoms with Crippen LogP contribution < -0.4 is 0 Å². The average Bonchev–Trinajstić information content (AvgIpc) is 2.65. The summed E-state index contributed by atoms with van der Waals surface area (Å²) in [5, 5.41) is 21.0. The fourth-order valence-corrected chi connectivity index (χ4v) is 2.68. The van der Waals surface area contributed by atoms with Gasteiger partial charge in [-0.3, -0.25) is 10.1 Å². The third kappa shape index (κ3) is 4.03. The maximum Gasteiger partial charge on any atom is 0.388 e. The highest BCUT2D eigenvalue weighted by Gasteiger charge is 2.52. The fourth-order valence-electron chi connectivity index (χ4n) is 2.68. The van der Waals surface area contributed by atoms with Crippen LogP contribution in [0, 0.1) is 10.1 Å². The van der Waals surface area contributed by atoms with Crippen molar-refractivity contribution in [1.82, 2.24) is 0 Å². The van der Waals surface area contributed by atoms with Crippen LogP contribution in [0.4, 0.5) is 0 Å². The van der Waals surface area contributed by atoms with Gasteiger partial charge in [-0.2, -0.15) is 0 Å². The summed E-state index contributed by atoms with van der Waals surface area (Å²) in [5.41, 5.74) is -0.737. The van der Waals surface area contributed by atoms with Crippen molar-refractivity contribution in [3.8, 4) is 0 Å². The molecule has 2 aromatic carbocycles. The van der Waals surface area contributed by atoms with Crippen LogP contribution in [0.2, 0.25) is 0 Å². The van der Waals surface area contributed by atoms with Crippen LogP contribution in [0.1, 0.15) is 37.0 Å². The Kier molecular flexibility index (Phi) is 6.25. The SMILES string of the molecule is CCC[C@](CO)(C(=O)OC(c1ccccc1)c1ccccc1)[N+](=O)[O-]. The monoisotopic (exact) mass is 343 g/mol. The van der Waals surface area contributed by atoms with Gasteiger partial charge in [0.05, 0.1) is 0 Å². The van der Waals surface area contributed by atoms with Crippen LogP contribution in [0.5, 0.6) is 0 Å². The van der Waals surface area contributed by atoms with E-state index in [0.717, 1.165) is 0 Å². The van der Waals surface area contributed by atoms with Gasteiger partial charge in [-0.25, -0.2) is 4.79 Å². The predicted molar refractivity (Wildman–Crippen MR) is 92.5 cm³/mol. The van der Waals surface area contributed by atoms with Gasteiger partial charge in [0.15, 0.2) is 6.10 Å². The molecule has 0 aliphatic heterocycles. The quantitative estimate of drug-likeness (QED) is 0.452. The molecule has 0 aliphatic rings. The molecule has 2 aromatic rings. The van der Waals surface area contributed by atoms with Gasteiger partial charge in [0.1, 0.15) is 6.61 Å². The van der Waals surface area contributed by atoms with Crippen LogP contribution in [0.3, 0.4) is 0 Å². The summed E-state index contributed by atoms with van der Waals surface area (Å²) in [6.07, 6.45) is -0.499. The van der Waals surface area contributed by atoms with Gasteiger partial charge in [0.2, 0.25) is 0 Å². The van der Waals surface area contributed by atoms with Gasteiger partial charge in [-0.15, -0.1) is 0 Å². The number of benzene rings is 2. The van der Waals surface area contributed by atoms with E-state index in [2.05, 4.69) is 0 Å². The molecule has 0 spiro atoms. The maximum absolute atomic E-state index is 12.7. The number of hydrogen-bond acceptors (Lipinski definition) is 5. The molecule has 0 heterocycles. The molecule has 132 valence electrons. The van der Waals surface area contributed by atoms with Gasteiger partial charge in [0.25, 0.3) is 0 Å². The number of esters is 1. The van der Waals surface area contributed by atoms with Crippen molar-refractivity contribution in [3.05, 3.63) is 81.9 Å². The number of rotatable bonds is 8. The number of ether oxygens (including phenoxy) is 1. The molecule has 1 N–H and O–H groups in total. The Balaban J connectivity index is 2.39. The Morgan fingerprint density at radius 3 is 1.96 bits per heavy atom. The molecular weight excluding hydrogens is 322 g/mol. The van der Waals surface area contributed by atoms with Crippen molar-refractivity contribution in [2.45, 2.75) is 31.4 Å². The van der Waals surface area contributed by atoms with E-state index in [9.17, 15) is 20.0 Å². The molecule has 0 aliphatic carbocycles. The lowest BCUT2D eigenvalue weighted by Crippen LogP contribution is -2.51. The number of carbonyl (C=O) groups excluding carboxylic acids is 1. The maximum atomic E-state index is 12.7. The number of hydrogen-bond donors (Lipinski definition) is 1. The summed E-state index contributed by atoms with van der Waals surface area (Å²) >= 11 is 0. The standard InChI is InChI=1S/C19H21NO5/c1-2-13-19(14-21,20(23)24)18(22)25-17(15-9-5-3-6-10-15)16-11-7-4-8-12-16/h3-12,17,21H,2,13-14H2,1H3/t19-/m0/s1. The predicted octanol–water partition coefficient (Wildman–Crippen LogP) is 3.13. The Morgan fingerprint density at radius 2 is 1.60 bits per heavy atom. The Hall–Kier alpha value is -2.73. The molecule has 6 nitrogen and oxygen atoms in total. The van der Waals surface area contributed by atoms with E-state index in [1.165, 1.54) is 0 Å². The topological polar surface area (TPSA) is 89.7 Å². The zero-order valence-corrected chi connectivity index (χ0v) is 14.0. The van der Waals surface area contributed by atoms with E-state index in [1.54, 1.807) is 55.5 Å². The first-order chi connectivity index (χ1) is 12.0. The van der Waals surface area contributed by atoms with Crippen molar-refractivity contribution in [2.75, 3.05) is 6.61 Å². The average molecular weight is 343 g/mol. The molecule has 0 radical (unpaired) electrons. The molecule has 0 unspecified atom stereocenters. The van der Waals surface area contributed by atoms with Gasteiger partial charge < -0.3 is 9.84 Å². The Labute approximate surface area is 146 Å². The summed E-state index contributed by atoms with van der Waals surface area (Å²) in [7, 11) is 0. The smallest absolute Gasteiger partial charge is 0.388 e. The minimum atomic E-state index is -2.14. The minimum Gasteiger partial charge on any atom is -0.447 e. The first kappa shape index (κ1) is 18.6. The molecule has 0 fully saturated rings. The van der Waals surface area contributed by atoms with Crippen molar-refractivity contribution >= 4 is 5.97 Å². The normalized spacial score (nSPS) is 13.2. The fraction of sp³-hybridized carbons (Fsp3) is 0.316.